The molecule has 0 saturated heterocycles. The Morgan fingerprint density at radius 1 is 1.60 bits per heavy atom. The molecule has 2 heterocycles. The monoisotopic (exact) mass is 328 g/mol. The van der Waals surface area contributed by atoms with E-state index in [9.17, 15) is 4.79 Å². The van der Waals surface area contributed by atoms with Crippen LogP contribution in [-0.4, -0.2) is 17.6 Å². The molecule has 4 nitrogen and oxygen atoms in total. The van der Waals surface area contributed by atoms with Crippen molar-refractivity contribution in [2.24, 2.45) is 0 Å². The van der Waals surface area contributed by atoms with Gasteiger partial charge >= 0.3 is 5.97 Å². The summed E-state index contributed by atoms with van der Waals surface area (Å²) in [5, 5.41) is 8.39. The van der Waals surface area contributed by atoms with Crippen molar-refractivity contribution >= 4 is 46.2 Å². The zero-order chi connectivity index (χ0) is 14.3. The number of fused-ring (bicyclic) bond motifs is 1. The summed E-state index contributed by atoms with van der Waals surface area (Å²) in [6.45, 7) is 2.23. The summed E-state index contributed by atoms with van der Waals surface area (Å²) in [6.07, 6.45) is 1.49. The van der Waals surface area contributed by atoms with Gasteiger partial charge in [0.15, 0.2) is 5.11 Å². The van der Waals surface area contributed by atoms with E-state index in [1.54, 1.807) is 0 Å². The normalized spacial score (nSPS) is 21.3. The topological polar surface area (TPSA) is 50.4 Å². The molecule has 1 aliphatic carbocycles. The summed E-state index contributed by atoms with van der Waals surface area (Å²) < 4.78 is 6.43. The maximum atomic E-state index is 12.3. The lowest BCUT2D eigenvalue weighted by Crippen LogP contribution is -2.43. The van der Waals surface area contributed by atoms with Crippen molar-refractivity contribution in [3.05, 3.63) is 32.1 Å². The fraction of sp³-hybridized carbons (Fsp3) is 0.385. The molecule has 0 spiro atoms. The number of thiocarbonyl (C=S) groups is 1. The van der Waals surface area contributed by atoms with Crippen LogP contribution in [0.15, 0.2) is 16.7 Å². The van der Waals surface area contributed by atoms with Gasteiger partial charge in [-0.1, -0.05) is 11.6 Å². The van der Waals surface area contributed by atoms with Gasteiger partial charge < -0.3 is 15.4 Å². The zero-order valence-corrected chi connectivity index (χ0v) is 13.2. The van der Waals surface area contributed by atoms with E-state index in [1.807, 2.05) is 12.3 Å². The quantitative estimate of drug-likeness (QED) is 0.646. The average Bonchev–Trinajstić information content (AvgIpc) is 2.94. The molecule has 1 aromatic rings. The van der Waals surface area contributed by atoms with Gasteiger partial charge in [0.25, 0.3) is 0 Å². The summed E-state index contributed by atoms with van der Waals surface area (Å²) in [6, 6.07) is 0. The largest absolute Gasteiger partial charge is 0.454 e. The van der Waals surface area contributed by atoms with Crippen LogP contribution < -0.4 is 10.6 Å². The molecule has 1 aliphatic heterocycles. The molecule has 20 heavy (non-hydrogen) atoms. The molecule has 0 fully saturated rings. The smallest absolute Gasteiger partial charge is 0.338 e. The highest BCUT2D eigenvalue weighted by Gasteiger charge is 2.30. The van der Waals surface area contributed by atoms with Crippen LogP contribution in [0.4, 0.5) is 0 Å². The summed E-state index contributed by atoms with van der Waals surface area (Å²) in [4.78, 5) is 12.3. The number of nitrogens with one attached hydrogen (secondary N) is 2. The first-order valence-electron chi connectivity index (χ1n) is 6.27. The van der Waals surface area contributed by atoms with Crippen molar-refractivity contribution < 1.29 is 9.53 Å². The van der Waals surface area contributed by atoms with Gasteiger partial charge in [-0.3, -0.25) is 0 Å². The summed E-state index contributed by atoms with van der Waals surface area (Å²) in [5.41, 5.74) is 3.52. The standard InChI is InChI=1S/C13H13ClN2O2S2/c1-6-8(4-15-13(19)16-6)12(17)18-10-3-2-7-9(10)5-20-11(7)14/h5,10H,2-4H2,1H3,(H2,15,16,19). The lowest BCUT2D eigenvalue weighted by atomic mass is 10.1. The number of carbonyl (C=O) groups excluding carboxylic acids is 1. The van der Waals surface area contributed by atoms with E-state index >= 15 is 0 Å². The maximum Gasteiger partial charge on any atom is 0.338 e. The van der Waals surface area contributed by atoms with E-state index in [-0.39, 0.29) is 12.1 Å². The van der Waals surface area contributed by atoms with Crippen molar-refractivity contribution in [2.75, 3.05) is 6.54 Å². The molecule has 0 bridgehead atoms. The fourth-order valence-corrected chi connectivity index (χ4v) is 3.90. The first kappa shape index (κ1) is 13.9. The van der Waals surface area contributed by atoms with Gasteiger partial charge in [0.2, 0.25) is 0 Å². The van der Waals surface area contributed by atoms with Crippen molar-refractivity contribution in [2.45, 2.75) is 25.9 Å². The Kier molecular flexibility index (Phi) is 3.70. The van der Waals surface area contributed by atoms with Crippen LogP contribution in [0.1, 0.15) is 30.6 Å². The Bertz CT molecular complexity index is 624. The van der Waals surface area contributed by atoms with E-state index in [2.05, 4.69) is 10.6 Å². The highest BCUT2D eigenvalue weighted by molar-refractivity contribution is 7.80. The van der Waals surface area contributed by atoms with Crippen LogP contribution in [0.5, 0.6) is 0 Å². The molecule has 1 unspecified atom stereocenters. The molecule has 1 aromatic heterocycles. The maximum absolute atomic E-state index is 12.3. The number of hydrogen-bond acceptors (Lipinski definition) is 4. The lowest BCUT2D eigenvalue weighted by molar-refractivity contribution is -0.144. The number of rotatable bonds is 2. The SMILES string of the molecule is CC1=C(C(=O)OC2CCc3c2csc3Cl)CNC(=S)N1. The van der Waals surface area contributed by atoms with Crippen LogP contribution in [0.2, 0.25) is 4.34 Å². The Hall–Kier alpha value is -1.11. The minimum Gasteiger partial charge on any atom is -0.454 e. The van der Waals surface area contributed by atoms with Crippen LogP contribution >= 0.6 is 35.2 Å². The molecule has 0 amide bonds. The zero-order valence-electron chi connectivity index (χ0n) is 10.8. The minimum absolute atomic E-state index is 0.185. The Balaban J connectivity index is 1.75. The number of esters is 1. The third-order valence-electron chi connectivity index (χ3n) is 3.55. The molecule has 0 saturated carbocycles. The van der Waals surface area contributed by atoms with Crippen molar-refractivity contribution in [1.82, 2.24) is 10.6 Å². The van der Waals surface area contributed by atoms with Gasteiger partial charge in [0.1, 0.15) is 6.10 Å². The number of allylic oxidation sites excluding steroid dienone is 1. The summed E-state index contributed by atoms with van der Waals surface area (Å²) >= 11 is 12.6. The number of hydrogen-bond donors (Lipinski definition) is 2. The highest BCUT2D eigenvalue weighted by Crippen LogP contribution is 2.42. The molecule has 2 aliphatic rings. The van der Waals surface area contributed by atoms with Crippen LogP contribution in [-0.2, 0) is 16.0 Å². The molecule has 0 radical (unpaired) electrons. The number of ether oxygens (including phenoxy) is 1. The number of carbonyl (C=O) groups is 1. The van der Waals surface area contributed by atoms with Crippen molar-refractivity contribution in [3.8, 4) is 0 Å². The van der Waals surface area contributed by atoms with Crippen molar-refractivity contribution in [1.29, 1.82) is 0 Å². The number of thiophene rings is 1. The van der Waals surface area contributed by atoms with Gasteiger partial charge in [-0.05, 0) is 42.9 Å². The predicted octanol–water partition coefficient (Wildman–Crippen LogP) is 2.68. The predicted molar refractivity (Wildman–Crippen MR) is 82.9 cm³/mol. The third kappa shape index (κ3) is 2.43. The van der Waals surface area contributed by atoms with Crippen LogP contribution in [0.25, 0.3) is 0 Å². The van der Waals surface area contributed by atoms with Crippen molar-refractivity contribution in [3.63, 3.8) is 0 Å². The average molecular weight is 329 g/mol. The second kappa shape index (κ2) is 5.35. The molecule has 0 aromatic carbocycles. The third-order valence-corrected chi connectivity index (χ3v) is 5.12. The van der Waals surface area contributed by atoms with Gasteiger partial charge in [-0.15, -0.1) is 11.3 Å². The van der Waals surface area contributed by atoms with Gasteiger partial charge in [-0.2, -0.15) is 0 Å². The molecule has 1 atom stereocenters. The Morgan fingerprint density at radius 2 is 2.40 bits per heavy atom. The van der Waals surface area contributed by atoms with E-state index in [0.29, 0.717) is 17.2 Å². The molecular formula is C13H13ClN2O2S2. The number of halogens is 1. The fourth-order valence-electron chi connectivity index (χ4n) is 2.45. The highest BCUT2D eigenvalue weighted by atomic mass is 35.5. The van der Waals surface area contributed by atoms with Crippen LogP contribution in [0.3, 0.4) is 0 Å². The molecule has 3 rings (SSSR count). The minimum atomic E-state index is -0.301. The molecule has 7 heteroatoms. The second-order valence-electron chi connectivity index (χ2n) is 4.79. The van der Waals surface area contributed by atoms with Gasteiger partial charge in [0.05, 0.1) is 16.5 Å². The molecular weight excluding hydrogens is 316 g/mol. The van der Waals surface area contributed by atoms with E-state index in [1.165, 1.54) is 11.3 Å². The van der Waals surface area contributed by atoms with E-state index < -0.39 is 0 Å². The van der Waals surface area contributed by atoms with E-state index in [4.69, 9.17) is 28.6 Å². The second-order valence-corrected chi connectivity index (χ2v) is 6.68. The Labute approximate surface area is 131 Å². The van der Waals surface area contributed by atoms with Gasteiger partial charge in [0, 0.05) is 11.3 Å². The summed E-state index contributed by atoms with van der Waals surface area (Å²) in [7, 11) is 0. The lowest BCUT2D eigenvalue weighted by Gasteiger charge is -2.22. The molecule has 2 N–H and O–H groups in total. The van der Waals surface area contributed by atoms with Crippen LogP contribution in [0, 0.1) is 0 Å². The van der Waals surface area contributed by atoms with E-state index in [0.717, 1.165) is 34.0 Å². The first-order chi connectivity index (χ1) is 9.56. The summed E-state index contributed by atoms with van der Waals surface area (Å²) in [5.74, 6) is -0.301. The first-order valence-corrected chi connectivity index (χ1v) is 7.94. The Morgan fingerprint density at radius 3 is 3.15 bits per heavy atom. The van der Waals surface area contributed by atoms with Gasteiger partial charge in [-0.25, -0.2) is 4.79 Å². The molecule has 106 valence electrons.